The van der Waals surface area contributed by atoms with Gasteiger partial charge in [-0.1, -0.05) is 18.2 Å². The molecule has 0 aliphatic heterocycles. The number of hydrogen-bond acceptors (Lipinski definition) is 4. The summed E-state index contributed by atoms with van der Waals surface area (Å²) in [5.41, 5.74) is 2.71. The maximum atomic E-state index is 11.8. The van der Waals surface area contributed by atoms with Gasteiger partial charge in [-0.2, -0.15) is 9.78 Å². The minimum atomic E-state index is -0.575. The Kier molecular flexibility index (Phi) is 4.66. The van der Waals surface area contributed by atoms with Crippen LogP contribution in [0.1, 0.15) is 11.3 Å². The Morgan fingerprint density at radius 2 is 2.08 bits per heavy atom. The van der Waals surface area contributed by atoms with Crippen LogP contribution in [-0.4, -0.2) is 33.3 Å². The molecule has 1 N–H and O–H groups in total. The van der Waals surface area contributed by atoms with Gasteiger partial charge in [0.1, 0.15) is 12.4 Å². The highest BCUT2D eigenvalue weighted by molar-refractivity contribution is 6.18. The van der Waals surface area contributed by atoms with Crippen molar-refractivity contribution in [2.24, 2.45) is 0 Å². The van der Waals surface area contributed by atoms with Crippen LogP contribution >= 0.6 is 11.6 Å². The molecule has 1 aromatic carbocycles. The number of carbonyl (C=O) groups is 1. The summed E-state index contributed by atoms with van der Waals surface area (Å²) in [6.45, 7) is 4.01. The highest BCUT2D eigenvalue weighted by Crippen LogP contribution is 2.22. The van der Waals surface area contributed by atoms with Gasteiger partial charge in [0.15, 0.2) is 5.82 Å². The molecule has 0 atom stereocenters. The standard InChI is InChI=1S/C17H17ClN4O2/c1-11-9-15(19-14-6-4-3-5-13(11)14)22-16(10-12(2)21-22)20-17(23)24-8-7-18/h3-6,9-10H,7-8H2,1-2H3,(H,20,23). The highest BCUT2D eigenvalue weighted by Gasteiger charge is 2.13. The predicted molar refractivity (Wildman–Crippen MR) is 94.0 cm³/mol. The number of rotatable bonds is 4. The number of halogens is 1. The van der Waals surface area contributed by atoms with E-state index in [9.17, 15) is 4.79 Å². The van der Waals surface area contributed by atoms with Crippen molar-refractivity contribution in [1.82, 2.24) is 14.8 Å². The minimum Gasteiger partial charge on any atom is -0.448 e. The third kappa shape index (κ3) is 3.33. The maximum absolute atomic E-state index is 11.8. The molecular weight excluding hydrogens is 328 g/mol. The van der Waals surface area contributed by atoms with Gasteiger partial charge < -0.3 is 4.74 Å². The van der Waals surface area contributed by atoms with Gasteiger partial charge >= 0.3 is 6.09 Å². The van der Waals surface area contributed by atoms with E-state index in [1.807, 2.05) is 44.2 Å². The molecule has 0 aliphatic rings. The summed E-state index contributed by atoms with van der Waals surface area (Å²) in [5.74, 6) is 1.37. The fraction of sp³-hybridized carbons (Fsp3) is 0.235. The van der Waals surface area contributed by atoms with Gasteiger partial charge in [0.2, 0.25) is 0 Å². The molecule has 0 fully saturated rings. The summed E-state index contributed by atoms with van der Waals surface area (Å²) in [7, 11) is 0. The monoisotopic (exact) mass is 344 g/mol. The topological polar surface area (TPSA) is 69.0 Å². The van der Waals surface area contributed by atoms with Crippen LogP contribution in [0.25, 0.3) is 16.7 Å². The fourth-order valence-corrected chi connectivity index (χ4v) is 2.55. The van der Waals surface area contributed by atoms with Gasteiger partial charge in [-0.25, -0.2) is 9.78 Å². The number of amides is 1. The molecule has 124 valence electrons. The number of fused-ring (bicyclic) bond motifs is 1. The molecule has 0 aliphatic carbocycles. The van der Waals surface area contributed by atoms with E-state index < -0.39 is 6.09 Å². The van der Waals surface area contributed by atoms with Crippen LogP contribution in [0.5, 0.6) is 0 Å². The highest BCUT2D eigenvalue weighted by atomic mass is 35.5. The summed E-state index contributed by atoms with van der Waals surface area (Å²) in [6.07, 6.45) is -0.575. The number of nitrogens with zero attached hydrogens (tertiary/aromatic N) is 3. The zero-order valence-corrected chi connectivity index (χ0v) is 14.2. The molecule has 0 bridgehead atoms. The molecule has 0 unspecified atom stereocenters. The van der Waals surface area contributed by atoms with Gasteiger partial charge in [-0.05, 0) is 31.5 Å². The molecule has 1 amide bonds. The molecule has 7 heteroatoms. The summed E-state index contributed by atoms with van der Waals surface area (Å²) in [6, 6.07) is 11.6. The van der Waals surface area contributed by atoms with Crippen molar-refractivity contribution in [2.45, 2.75) is 13.8 Å². The van der Waals surface area contributed by atoms with Crippen LogP contribution in [0.15, 0.2) is 36.4 Å². The average molecular weight is 345 g/mol. The van der Waals surface area contributed by atoms with Gasteiger partial charge in [0.25, 0.3) is 0 Å². The van der Waals surface area contributed by atoms with Crippen molar-refractivity contribution < 1.29 is 9.53 Å². The molecule has 3 rings (SSSR count). The smallest absolute Gasteiger partial charge is 0.412 e. The molecule has 0 spiro atoms. The lowest BCUT2D eigenvalue weighted by Gasteiger charge is -2.10. The molecule has 6 nitrogen and oxygen atoms in total. The second kappa shape index (κ2) is 6.88. The lowest BCUT2D eigenvalue weighted by atomic mass is 10.1. The van der Waals surface area contributed by atoms with Gasteiger partial charge in [0, 0.05) is 11.5 Å². The number of carbonyl (C=O) groups excluding carboxylic acids is 1. The van der Waals surface area contributed by atoms with Crippen LogP contribution in [0.4, 0.5) is 10.6 Å². The summed E-state index contributed by atoms with van der Waals surface area (Å²) < 4.78 is 6.54. The molecule has 0 radical (unpaired) electrons. The Balaban J connectivity index is 1.99. The Hall–Kier alpha value is -2.60. The zero-order chi connectivity index (χ0) is 17.1. The number of para-hydroxylation sites is 1. The molecular formula is C17H17ClN4O2. The van der Waals surface area contributed by atoms with E-state index in [2.05, 4.69) is 15.4 Å². The van der Waals surface area contributed by atoms with Gasteiger partial charge in [-0.3, -0.25) is 5.32 Å². The number of nitrogens with one attached hydrogen (secondary N) is 1. The number of anilines is 1. The van der Waals surface area contributed by atoms with E-state index >= 15 is 0 Å². The minimum absolute atomic E-state index is 0.147. The lowest BCUT2D eigenvalue weighted by Crippen LogP contribution is -2.17. The molecule has 2 aromatic heterocycles. The second-order valence-electron chi connectivity index (χ2n) is 5.35. The summed E-state index contributed by atoms with van der Waals surface area (Å²) in [5, 5.41) is 8.18. The normalized spacial score (nSPS) is 10.8. The van der Waals surface area contributed by atoms with E-state index in [1.165, 1.54) is 0 Å². The van der Waals surface area contributed by atoms with Crippen molar-refractivity contribution in [3.8, 4) is 5.82 Å². The van der Waals surface area contributed by atoms with Crippen molar-refractivity contribution in [1.29, 1.82) is 0 Å². The number of benzene rings is 1. The maximum Gasteiger partial charge on any atom is 0.412 e. The van der Waals surface area contributed by atoms with Gasteiger partial charge in [-0.15, -0.1) is 11.6 Å². The van der Waals surface area contributed by atoms with Crippen molar-refractivity contribution in [3.63, 3.8) is 0 Å². The van der Waals surface area contributed by atoms with Crippen LogP contribution < -0.4 is 5.32 Å². The number of aryl methyl sites for hydroxylation is 2. The summed E-state index contributed by atoms with van der Waals surface area (Å²) >= 11 is 5.52. The average Bonchev–Trinajstić information content (AvgIpc) is 2.93. The van der Waals surface area contributed by atoms with Gasteiger partial charge in [0.05, 0.1) is 17.1 Å². The third-order valence-electron chi connectivity index (χ3n) is 3.50. The molecule has 3 aromatic rings. The molecule has 24 heavy (non-hydrogen) atoms. The quantitative estimate of drug-likeness (QED) is 0.730. The first-order chi connectivity index (χ1) is 11.6. The van der Waals surface area contributed by atoms with Crippen LogP contribution in [0.3, 0.4) is 0 Å². The molecule has 0 saturated carbocycles. The van der Waals surface area contributed by atoms with E-state index in [-0.39, 0.29) is 12.5 Å². The van der Waals surface area contributed by atoms with Crippen LogP contribution in [0.2, 0.25) is 0 Å². The second-order valence-corrected chi connectivity index (χ2v) is 5.73. The first-order valence-corrected chi connectivity index (χ1v) is 8.05. The number of alkyl halides is 1. The predicted octanol–water partition coefficient (Wildman–Crippen LogP) is 3.82. The Morgan fingerprint density at radius 1 is 1.29 bits per heavy atom. The van der Waals surface area contributed by atoms with E-state index in [1.54, 1.807) is 10.7 Å². The Morgan fingerprint density at radius 3 is 2.88 bits per heavy atom. The van der Waals surface area contributed by atoms with Crippen LogP contribution in [-0.2, 0) is 4.74 Å². The van der Waals surface area contributed by atoms with Crippen molar-refractivity contribution in [2.75, 3.05) is 17.8 Å². The SMILES string of the molecule is Cc1cc(NC(=O)OCCCl)n(-c2cc(C)c3ccccc3n2)n1. The zero-order valence-electron chi connectivity index (χ0n) is 13.4. The Bertz CT molecular complexity index is 891. The van der Waals surface area contributed by atoms with Crippen molar-refractivity contribution >= 4 is 34.4 Å². The number of ether oxygens (including phenoxy) is 1. The molecule has 2 heterocycles. The summed E-state index contributed by atoms with van der Waals surface area (Å²) in [4.78, 5) is 16.4. The first-order valence-electron chi connectivity index (χ1n) is 7.51. The van der Waals surface area contributed by atoms with E-state index in [0.29, 0.717) is 11.6 Å². The molecule has 0 saturated heterocycles. The lowest BCUT2D eigenvalue weighted by molar-refractivity contribution is 0.168. The number of hydrogen-bond donors (Lipinski definition) is 1. The fourth-order valence-electron chi connectivity index (χ4n) is 2.48. The van der Waals surface area contributed by atoms with E-state index in [0.717, 1.165) is 22.2 Å². The largest absolute Gasteiger partial charge is 0.448 e. The van der Waals surface area contributed by atoms with Crippen LogP contribution in [0, 0.1) is 13.8 Å². The van der Waals surface area contributed by atoms with E-state index in [4.69, 9.17) is 16.3 Å². The van der Waals surface area contributed by atoms with Crippen molar-refractivity contribution in [3.05, 3.63) is 47.7 Å². The number of aromatic nitrogens is 3. The first kappa shape index (κ1) is 16.3. The third-order valence-corrected chi connectivity index (χ3v) is 3.65. The Labute approximate surface area is 144 Å². The number of pyridine rings is 1.